The van der Waals surface area contributed by atoms with Crippen molar-refractivity contribution in [2.75, 3.05) is 0 Å². The standard InChI is InChI=1S/C9H20Ge2/c1-8(2)7-9(10(3)4)11(5)6/h7,9H,1-6H3. The molecule has 0 aliphatic carbocycles. The van der Waals surface area contributed by atoms with Crippen molar-refractivity contribution in [1.82, 2.24) is 0 Å². The van der Waals surface area contributed by atoms with Crippen LogP contribution < -0.4 is 0 Å². The molecule has 0 amide bonds. The van der Waals surface area contributed by atoms with Crippen LogP contribution in [0.4, 0.5) is 0 Å². The molecule has 0 saturated heterocycles. The van der Waals surface area contributed by atoms with E-state index < -0.39 is 28.7 Å². The van der Waals surface area contributed by atoms with E-state index in [4.69, 9.17) is 0 Å². The van der Waals surface area contributed by atoms with Crippen LogP contribution in [0.3, 0.4) is 0 Å². The molecule has 0 saturated carbocycles. The summed E-state index contributed by atoms with van der Waals surface area (Å²) in [6.45, 7) is 4.46. The molecule has 64 valence electrons. The van der Waals surface area contributed by atoms with Crippen molar-refractivity contribution in [3.05, 3.63) is 11.6 Å². The summed E-state index contributed by atoms with van der Waals surface area (Å²) < 4.78 is 1.08. The molecule has 0 spiro atoms. The first-order chi connectivity index (χ1) is 4.95. The van der Waals surface area contributed by atoms with Gasteiger partial charge in [0.25, 0.3) is 0 Å². The summed E-state index contributed by atoms with van der Waals surface area (Å²) in [5.74, 6) is 10.0. The van der Waals surface area contributed by atoms with Crippen LogP contribution in [0.2, 0.25) is 26.6 Å². The first-order valence-corrected chi connectivity index (χ1v) is 15.0. The van der Waals surface area contributed by atoms with Gasteiger partial charge in [0.05, 0.1) is 0 Å². The molecule has 2 heteroatoms. The second kappa shape index (κ2) is 5.47. The second-order valence-corrected chi connectivity index (χ2v) is 18.1. The second-order valence-electron chi connectivity index (χ2n) is 3.88. The van der Waals surface area contributed by atoms with Crippen molar-refractivity contribution in [2.45, 2.75) is 40.5 Å². The molecule has 0 aromatic carbocycles. The van der Waals surface area contributed by atoms with E-state index in [2.05, 4.69) is 42.9 Å². The van der Waals surface area contributed by atoms with Gasteiger partial charge in [-0.05, 0) is 0 Å². The van der Waals surface area contributed by atoms with Crippen LogP contribution in [0, 0.1) is 0 Å². The van der Waals surface area contributed by atoms with Gasteiger partial charge in [-0.3, -0.25) is 0 Å². The SMILES string of the molecule is CC(C)=C[CH]([Ge]([CH3])[CH3])[Ge]([CH3])[CH3]. The molecule has 0 aromatic heterocycles. The summed E-state index contributed by atoms with van der Waals surface area (Å²) in [6.07, 6.45) is 2.55. The van der Waals surface area contributed by atoms with Gasteiger partial charge in [0, 0.05) is 0 Å². The third-order valence-corrected chi connectivity index (χ3v) is 20.3. The number of hydrogen-bond acceptors (Lipinski definition) is 0. The molecule has 0 aliphatic heterocycles. The third kappa shape index (κ3) is 5.13. The number of hydrogen-bond donors (Lipinski definition) is 0. The van der Waals surface area contributed by atoms with Gasteiger partial charge in [0.2, 0.25) is 0 Å². The topological polar surface area (TPSA) is 0 Å². The predicted octanol–water partition coefficient (Wildman–Crippen LogP) is 3.37. The molecule has 0 N–H and O–H groups in total. The maximum absolute atomic E-state index is 2.55. The first-order valence-electron chi connectivity index (χ1n) is 4.20. The summed E-state index contributed by atoms with van der Waals surface area (Å²) in [4.78, 5) is 0. The Bertz CT molecular complexity index is 124. The Labute approximate surface area is 80.7 Å². The Morgan fingerprint density at radius 2 is 1.36 bits per heavy atom. The van der Waals surface area contributed by atoms with E-state index >= 15 is 0 Å². The van der Waals surface area contributed by atoms with E-state index in [9.17, 15) is 0 Å². The van der Waals surface area contributed by atoms with E-state index in [1.54, 1.807) is 0 Å². The third-order valence-electron chi connectivity index (χ3n) is 1.74. The molecule has 0 aromatic rings. The molecule has 0 nitrogen and oxygen atoms in total. The molecule has 0 aliphatic rings. The molecule has 11 heavy (non-hydrogen) atoms. The van der Waals surface area contributed by atoms with Crippen LogP contribution in [-0.2, 0) is 0 Å². The van der Waals surface area contributed by atoms with Gasteiger partial charge < -0.3 is 0 Å². The minimum absolute atomic E-state index is 0.651. The Balaban J connectivity index is 4.24. The fourth-order valence-corrected chi connectivity index (χ4v) is 19.1. The summed E-state index contributed by atoms with van der Waals surface area (Å²) >= 11 is -1.30. The van der Waals surface area contributed by atoms with Crippen LogP contribution >= 0.6 is 0 Å². The average molecular weight is 273 g/mol. The van der Waals surface area contributed by atoms with Crippen molar-refractivity contribution in [1.29, 1.82) is 0 Å². The molecule has 0 rings (SSSR count). The molecule has 0 unspecified atom stereocenters. The Hall–Kier alpha value is 0.826. The molecule has 0 fully saturated rings. The Morgan fingerprint density at radius 1 is 1.00 bits per heavy atom. The molecule has 2 radical (unpaired) electrons. The summed E-state index contributed by atoms with van der Waals surface area (Å²) in [5.41, 5.74) is 1.53. The van der Waals surface area contributed by atoms with Gasteiger partial charge in [0.1, 0.15) is 0 Å². The monoisotopic (exact) mass is 276 g/mol. The van der Waals surface area contributed by atoms with E-state index in [0.717, 1.165) is 3.58 Å². The summed E-state index contributed by atoms with van der Waals surface area (Å²) in [7, 11) is 0. The van der Waals surface area contributed by atoms with E-state index in [1.165, 1.54) is 5.57 Å². The van der Waals surface area contributed by atoms with E-state index in [1.807, 2.05) is 0 Å². The van der Waals surface area contributed by atoms with Gasteiger partial charge in [0.15, 0.2) is 0 Å². The summed E-state index contributed by atoms with van der Waals surface area (Å²) in [5, 5.41) is 0. The van der Waals surface area contributed by atoms with Crippen LogP contribution in [0.1, 0.15) is 13.8 Å². The maximum atomic E-state index is 2.55. The minimum atomic E-state index is -0.651. The quantitative estimate of drug-likeness (QED) is 0.546. The predicted molar refractivity (Wildman–Crippen MR) is 58.1 cm³/mol. The van der Waals surface area contributed by atoms with Crippen molar-refractivity contribution >= 4 is 28.7 Å². The van der Waals surface area contributed by atoms with Gasteiger partial charge in [-0.15, -0.1) is 0 Å². The van der Waals surface area contributed by atoms with E-state index in [0.29, 0.717) is 0 Å². The Kier molecular flexibility index (Phi) is 5.88. The van der Waals surface area contributed by atoms with Crippen LogP contribution in [0.25, 0.3) is 0 Å². The molecular weight excluding hydrogens is 253 g/mol. The molecule has 0 bridgehead atoms. The van der Waals surface area contributed by atoms with E-state index in [-0.39, 0.29) is 0 Å². The fraction of sp³-hybridized carbons (Fsp3) is 0.778. The van der Waals surface area contributed by atoms with Crippen molar-refractivity contribution in [2.24, 2.45) is 0 Å². The fourth-order valence-electron chi connectivity index (χ4n) is 1.24. The Morgan fingerprint density at radius 3 is 1.45 bits per heavy atom. The van der Waals surface area contributed by atoms with Crippen molar-refractivity contribution < 1.29 is 0 Å². The van der Waals surface area contributed by atoms with Gasteiger partial charge in [-0.1, -0.05) is 0 Å². The number of rotatable bonds is 3. The van der Waals surface area contributed by atoms with Crippen molar-refractivity contribution in [3.8, 4) is 0 Å². The number of allylic oxidation sites excluding steroid dienone is 2. The molecule has 0 atom stereocenters. The zero-order chi connectivity index (χ0) is 9.02. The van der Waals surface area contributed by atoms with Crippen LogP contribution in [0.5, 0.6) is 0 Å². The normalized spacial score (nSPS) is 11.4. The molecular formula is C9H20Ge2. The van der Waals surface area contributed by atoms with Gasteiger partial charge in [-0.25, -0.2) is 0 Å². The van der Waals surface area contributed by atoms with Gasteiger partial charge in [-0.2, -0.15) is 0 Å². The average Bonchev–Trinajstić information content (AvgIpc) is 1.81. The van der Waals surface area contributed by atoms with Gasteiger partial charge >= 0.3 is 80.8 Å². The first kappa shape index (κ1) is 11.8. The van der Waals surface area contributed by atoms with Crippen LogP contribution in [-0.4, -0.2) is 28.7 Å². The molecule has 0 heterocycles. The zero-order valence-corrected chi connectivity index (χ0v) is 12.9. The van der Waals surface area contributed by atoms with Crippen molar-refractivity contribution in [3.63, 3.8) is 0 Å². The zero-order valence-electron chi connectivity index (χ0n) is 8.65. The van der Waals surface area contributed by atoms with Crippen LogP contribution in [0.15, 0.2) is 11.6 Å². The summed E-state index contributed by atoms with van der Waals surface area (Å²) in [6, 6.07) is 0.